The quantitative estimate of drug-likeness (QED) is 0.762. The van der Waals surface area contributed by atoms with Crippen LogP contribution in [0.3, 0.4) is 0 Å². The highest BCUT2D eigenvalue weighted by Crippen LogP contribution is 2.15. The van der Waals surface area contributed by atoms with Gasteiger partial charge in [0.25, 0.3) is 12.3 Å². The fraction of sp³-hybridized carbons (Fsp3) is 0.417. The molecule has 0 bridgehead atoms. The van der Waals surface area contributed by atoms with E-state index in [0.29, 0.717) is 10.9 Å². The minimum absolute atomic E-state index is 0.108. The van der Waals surface area contributed by atoms with Gasteiger partial charge in [-0.25, -0.2) is 13.2 Å². The molecule has 0 spiro atoms. The van der Waals surface area contributed by atoms with E-state index in [1.54, 1.807) is 0 Å². The highest BCUT2D eigenvalue weighted by molar-refractivity contribution is 9.09. The van der Waals surface area contributed by atoms with Crippen LogP contribution in [0.1, 0.15) is 15.9 Å². The van der Waals surface area contributed by atoms with Gasteiger partial charge in [0.05, 0.1) is 12.1 Å². The molecule has 0 saturated heterocycles. The number of amides is 1. The van der Waals surface area contributed by atoms with Crippen molar-refractivity contribution < 1.29 is 18.0 Å². The lowest BCUT2D eigenvalue weighted by atomic mass is 10.1. The normalized spacial score (nSPS) is 10.8. The van der Waals surface area contributed by atoms with Crippen molar-refractivity contribution in [2.24, 2.45) is 0 Å². The Morgan fingerprint density at radius 3 is 2.67 bits per heavy atom. The third-order valence-corrected chi connectivity index (χ3v) is 2.78. The van der Waals surface area contributed by atoms with Gasteiger partial charge in [0.15, 0.2) is 0 Å². The maximum atomic E-state index is 13.7. The van der Waals surface area contributed by atoms with Gasteiger partial charge in [0.1, 0.15) is 5.82 Å². The van der Waals surface area contributed by atoms with Crippen molar-refractivity contribution in [3.8, 4) is 0 Å². The Morgan fingerprint density at radius 2 is 2.11 bits per heavy atom. The summed E-state index contributed by atoms with van der Waals surface area (Å²) < 4.78 is 38.5. The summed E-state index contributed by atoms with van der Waals surface area (Å²) >= 11 is 3.08. The third-order valence-electron chi connectivity index (χ3n) is 2.42. The van der Waals surface area contributed by atoms with Gasteiger partial charge in [-0.3, -0.25) is 4.79 Å². The number of alkyl halides is 3. The van der Waals surface area contributed by atoms with Crippen LogP contribution >= 0.6 is 15.9 Å². The minimum Gasteiger partial charge on any atom is -0.332 e. The van der Waals surface area contributed by atoms with Gasteiger partial charge >= 0.3 is 0 Å². The van der Waals surface area contributed by atoms with Gasteiger partial charge in [-0.2, -0.15) is 0 Å². The number of hydrogen-bond acceptors (Lipinski definition) is 1. The zero-order valence-corrected chi connectivity index (χ0v) is 11.4. The van der Waals surface area contributed by atoms with Crippen LogP contribution in [-0.4, -0.2) is 35.7 Å². The SMILES string of the molecule is Cc1cccc(C(=O)N(CCBr)CC(F)F)c1F. The van der Waals surface area contributed by atoms with Crippen molar-refractivity contribution in [2.45, 2.75) is 13.3 Å². The second kappa shape index (κ2) is 6.78. The maximum Gasteiger partial charge on any atom is 0.257 e. The molecule has 2 nitrogen and oxygen atoms in total. The van der Waals surface area contributed by atoms with Crippen LogP contribution in [0.4, 0.5) is 13.2 Å². The van der Waals surface area contributed by atoms with E-state index in [4.69, 9.17) is 0 Å². The van der Waals surface area contributed by atoms with Crippen LogP contribution in [-0.2, 0) is 0 Å². The van der Waals surface area contributed by atoms with Crippen LogP contribution in [0, 0.1) is 12.7 Å². The molecule has 1 rings (SSSR count). The van der Waals surface area contributed by atoms with Gasteiger partial charge in [-0.1, -0.05) is 28.1 Å². The lowest BCUT2D eigenvalue weighted by Crippen LogP contribution is -2.37. The topological polar surface area (TPSA) is 20.3 Å². The van der Waals surface area contributed by atoms with E-state index >= 15 is 0 Å². The van der Waals surface area contributed by atoms with Crippen molar-refractivity contribution in [3.05, 3.63) is 35.1 Å². The van der Waals surface area contributed by atoms with Gasteiger partial charge in [0.2, 0.25) is 0 Å². The van der Waals surface area contributed by atoms with Crippen LogP contribution in [0.25, 0.3) is 0 Å². The summed E-state index contributed by atoms with van der Waals surface area (Å²) in [7, 11) is 0. The predicted octanol–water partition coefficient (Wildman–Crippen LogP) is 3.24. The summed E-state index contributed by atoms with van der Waals surface area (Å²) in [5.41, 5.74) is 0.147. The summed E-state index contributed by atoms with van der Waals surface area (Å²) in [4.78, 5) is 12.9. The second-order valence-corrected chi connectivity index (χ2v) is 4.56. The monoisotopic (exact) mass is 323 g/mol. The second-order valence-electron chi connectivity index (χ2n) is 3.77. The molecule has 0 atom stereocenters. The van der Waals surface area contributed by atoms with Crippen molar-refractivity contribution in [1.29, 1.82) is 0 Å². The molecule has 0 N–H and O–H groups in total. The molecule has 1 aromatic carbocycles. The highest BCUT2D eigenvalue weighted by atomic mass is 79.9. The predicted molar refractivity (Wildman–Crippen MR) is 66.8 cm³/mol. The molecule has 100 valence electrons. The van der Waals surface area contributed by atoms with E-state index in [1.165, 1.54) is 25.1 Å². The molecule has 0 radical (unpaired) electrons. The van der Waals surface area contributed by atoms with E-state index in [9.17, 15) is 18.0 Å². The molecule has 1 aromatic rings. The Labute approximate surface area is 112 Å². The summed E-state index contributed by atoms with van der Waals surface area (Å²) in [5, 5.41) is 0.360. The van der Waals surface area contributed by atoms with E-state index < -0.39 is 24.7 Å². The van der Waals surface area contributed by atoms with E-state index in [0.717, 1.165) is 4.90 Å². The smallest absolute Gasteiger partial charge is 0.257 e. The number of halogens is 4. The van der Waals surface area contributed by atoms with E-state index in [-0.39, 0.29) is 12.1 Å². The van der Waals surface area contributed by atoms with Crippen LogP contribution < -0.4 is 0 Å². The first-order valence-corrected chi connectivity index (χ1v) is 6.48. The van der Waals surface area contributed by atoms with E-state index in [1.807, 2.05) is 0 Å². The highest BCUT2D eigenvalue weighted by Gasteiger charge is 2.22. The van der Waals surface area contributed by atoms with Crippen LogP contribution in [0.15, 0.2) is 18.2 Å². The molecule has 0 heterocycles. The largest absolute Gasteiger partial charge is 0.332 e. The summed E-state index contributed by atoms with van der Waals surface area (Å²) in [6.07, 6.45) is -2.64. The maximum absolute atomic E-state index is 13.7. The molecule has 0 aliphatic carbocycles. The molecule has 0 fully saturated rings. The molecule has 18 heavy (non-hydrogen) atoms. The molecule has 0 saturated carbocycles. The molecule has 6 heteroatoms. The van der Waals surface area contributed by atoms with Crippen molar-refractivity contribution >= 4 is 21.8 Å². The number of rotatable bonds is 5. The molecule has 1 amide bonds. The van der Waals surface area contributed by atoms with Gasteiger partial charge in [0, 0.05) is 11.9 Å². The Balaban J connectivity index is 2.98. The number of nitrogens with zero attached hydrogens (tertiary/aromatic N) is 1. The Hall–Kier alpha value is -1.04. The summed E-state index contributed by atoms with van der Waals surface area (Å²) in [6, 6.07) is 4.35. The Kier molecular flexibility index (Phi) is 5.65. The molecular weight excluding hydrogens is 311 g/mol. The number of carbonyl (C=O) groups is 1. The van der Waals surface area contributed by atoms with Gasteiger partial charge in [-0.15, -0.1) is 0 Å². The standard InChI is InChI=1S/C12H13BrF3NO/c1-8-3-2-4-9(11(8)16)12(18)17(6-5-13)7-10(14)15/h2-4,10H,5-7H2,1H3. The Morgan fingerprint density at radius 1 is 1.44 bits per heavy atom. The van der Waals surface area contributed by atoms with Crippen LogP contribution in [0.2, 0.25) is 0 Å². The summed E-state index contributed by atoms with van der Waals surface area (Å²) in [5.74, 6) is -1.37. The van der Waals surface area contributed by atoms with Crippen LogP contribution in [0.5, 0.6) is 0 Å². The lowest BCUT2D eigenvalue weighted by Gasteiger charge is -2.21. The van der Waals surface area contributed by atoms with Gasteiger partial charge in [-0.05, 0) is 18.6 Å². The fourth-order valence-electron chi connectivity index (χ4n) is 1.53. The zero-order chi connectivity index (χ0) is 13.7. The molecule has 0 aromatic heterocycles. The third kappa shape index (κ3) is 3.73. The molecular formula is C12H13BrF3NO. The molecule has 0 unspecified atom stereocenters. The molecule has 0 aliphatic heterocycles. The first-order valence-electron chi connectivity index (χ1n) is 5.36. The number of aryl methyl sites for hydroxylation is 1. The molecule has 0 aliphatic rings. The van der Waals surface area contributed by atoms with Crippen molar-refractivity contribution in [1.82, 2.24) is 4.90 Å². The van der Waals surface area contributed by atoms with Crippen molar-refractivity contribution in [3.63, 3.8) is 0 Å². The first kappa shape index (κ1) is 15.0. The number of hydrogen-bond donors (Lipinski definition) is 0. The fourth-order valence-corrected chi connectivity index (χ4v) is 1.96. The average Bonchev–Trinajstić information content (AvgIpc) is 2.31. The number of benzene rings is 1. The van der Waals surface area contributed by atoms with Crippen molar-refractivity contribution in [2.75, 3.05) is 18.4 Å². The van der Waals surface area contributed by atoms with Gasteiger partial charge < -0.3 is 4.90 Å². The average molecular weight is 324 g/mol. The first-order chi connectivity index (χ1) is 8.47. The zero-order valence-electron chi connectivity index (χ0n) is 9.80. The summed E-state index contributed by atoms with van der Waals surface area (Å²) in [6.45, 7) is 0.933. The number of carbonyl (C=O) groups excluding carboxylic acids is 1. The minimum atomic E-state index is -2.64. The Bertz CT molecular complexity index is 426. The lowest BCUT2D eigenvalue weighted by molar-refractivity contribution is 0.0568. The van der Waals surface area contributed by atoms with E-state index in [2.05, 4.69) is 15.9 Å².